The Balaban J connectivity index is 1.68. The molecule has 7 nitrogen and oxygen atoms in total. The van der Waals surface area contributed by atoms with Gasteiger partial charge in [0, 0.05) is 23.5 Å². The van der Waals surface area contributed by atoms with Crippen LogP contribution < -0.4 is 20.1 Å². The Hall–Kier alpha value is -3.61. The molecule has 2 aromatic carbocycles. The lowest BCUT2D eigenvalue weighted by atomic mass is 10.2. The molecule has 28 heavy (non-hydrogen) atoms. The van der Waals surface area contributed by atoms with E-state index in [4.69, 9.17) is 9.47 Å². The number of nitrogens with zero attached hydrogens (tertiary/aromatic N) is 2. The van der Waals surface area contributed by atoms with Crippen LogP contribution in [-0.2, 0) is 0 Å². The second-order valence-corrected chi connectivity index (χ2v) is 6.29. The van der Waals surface area contributed by atoms with Crippen LogP contribution >= 0.6 is 0 Å². The van der Waals surface area contributed by atoms with Crippen molar-refractivity contribution in [1.29, 1.82) is 0 Å². The molecule has 0 saturated heterocycles. The van der Waals surface area contributed by atoms with Gasteiger partial charge < -0.3 is 20.1 Å². The summed E-state index contributed by atoms with van der Waals surface area (Å²) in [6.45, 7) is 3.95. The van der Waals surface area contributed by atoms with Gasteiger partial charge >= 0.3 is 0 Å². The summed E-state index contributed by atoms with van der Waals surface area (Å²) < 4.78 is 10.8. The van der Waals surface area contributed by atoms with E-state index in [2.05, 4.69) is 20.6 Å². The maximum absolute atomic E-state index is 12.5. The lowest BCUT2D eigenvalue weighted by Gasteiger charge is -2.11. The Bertz CT molecular complexity index is 942. The van der Waals surface area contributed by atoms with Crippen LogP contribution in [0.5, 0.6) is 11.5 Å². The molecule has 2 N–H and O–H groups in total. The third-order valence-corrected chi connectivity index (χ3v) is 3.73. The van der Waals surface area contributed by atoms with Gasteiger partial charge in [0.15, 0.2) is 0 Å². The Morgan fingerprint density at radius 2 is 1.75 bits per heavy atom. The minimum Gasteiger partial charge on any atom is -0.497 e. The summed E-state index contributed by atoms with van der Waals surface area (Å²) in [5.41, 5.74) is 1.70. The Kier molecular flexibility index (Phi) is 6.06. The van der Waals surface area contributed by atoms with Crippen molar-refractivity contribution in [2.75, 3.05) is 17.7 Å². The standard InChI is InChI=1S/C21H22N4O3/c1-14(2)28-17-9-7-15(8-10-17)24-20-12-19(22-13-23-20)21(26)25-16-5-4-6-18(11-16)27-3/h4-14H,1-3H3,(H,25,26)(H,22,23,24). The molecular formula is C21H22N4O3. The smallest absolute Gasteiger partial charge is 0.274 e. The second-order valence-electron chi connectivity index (χ2n) is 6.29. The normalized spacial score (nSPS) is 10.4. The van der Waals surface area contributed by atoms with E-state index in [9.17, 15) is 4.79 Å². The van der Waals surface area contributed by atoms with Gasteiger partial charge in [0.05, 0.1) is 13.2 Å². The molecule has 0 aliphatic rings. The van der Waals surface area contributed by atoms with E-state index < -0.39 is 0 Å². The quantitative estimate of drug-likeness (QED) is 0.639. The van der Waals surface area contributed by atoms with Gasteiger partial charge in [0.1, 0.15) is 29.3 Å². The monoisotopic (exact) mass is 378 g/mol. The number of rotatable bonds is 7. The number of carbonyl (C=O) groups is 1. The number of carbonyl (C=O) groups excluding carboxylic acids is 1. The summed E-state index contributed by atoms with van der Waals surface area (Å²) in [6.07, 6.45) is 1.46. The van der Waals surface area contributed by atoms with E-state index in [-0.39, 0.29) is 17.7 Å². The first-order valence-corrected chi connectivity index (χ1v) is 8.84. The largest absolute Gasteiger partial charge is 0.497 e. The average molecular weight is 378 g/mol. The lowest BCUT2D eigenvalue weighted by Crippen LogP contribution is -2.14. The third-order valence-electron chi connectivity index (χ3n) is 3.73. The van der Waals surface area contributed by atoms with E-state index in [1.165, 1.54) is 6.33 Å². The number of methoxy groups -OCH3 is 1. The molecule has 0 spiro atoms. The SMILES string of the molecule is COc1cccc(NC(=O)c2cc(Nc3ccc(OC(C)C)cc3)ncn2)c1. The number of amides is 1. The molecule has 1 heterocycles. The van der Waals surface area contributed by atoms with Gasteiger partial charge in [-0.15, -0.1) is 0 Å². The van der Waals surface area contributed by atoms with E-state index >= 15 is 0 Å². The van der Waals surface area contributed by atoms with Crippen LogP contribution in [-0.4, -0.2) is 29.1 Å². The molecule has 1 amide bonds. The molecule has 0 aliphatic carbocycles. The molecule has 0 saturated carbocycles. The van der Waals surface area contributed by atoms with Crippen molar-refractivity contribution in [3.8, 4) is 11.5 Å². The Labute approximate surface area is 163 Å². The third kappa shape index (κ3) is 5.20. The highest BCUT2D eigenvalue weighted by Crippen LogP contribution is 2.21. The van der Waals surface area contributed by atoms with Crippen LogP contribution in [0, 0.1) is 0 Å². The number of aromatic nitrogens is 2. The zero-order valence-corrected chi connectivity index (χ0v) is 16.0. The van der Waals surface area contributed by atoms with Crippen molar-refractivity contribution in [2.24, 2.45) is 0 Å². The average Bonchev–Trinajstić information content (AvgIpc) is 2.69. The number of nitrogens with one attached hydrogen (secondary N) is 2. The molecule has 144 valence electrons. The molecule has 0 radical (unpaired) electrons. The summed E-state index contributed by atoms with van der Waals surface area (Å²) in [5.74, 6) is 1.64. The minimum absolute atomic E-state index is 0.117. The predicted molar refractivity (Wildman–Crippen MR) is 108 cm³/mol. The molecule has 3 rings (SSSR count). The minimum atomic E-state index is -0.334. The van der Waals surface area contributed by atoms with Gasteiger partial charge in [0.2, 0.25) is 0 Å². The first kappa shape index (κ1) is 19.2. The summed E-state index contributed by atoms with van der Waals surface area (Å²) >= 11 is 0. The van der Waals surface area contributed by atoms with Gasteiger partial charge in [-0.05, 0) is 50.2 Å². The van der Waals surface area contributed by atoms with E-state index in [0.717, 1.165) is 11.4 Å². The Morgan fingerprint density at radius 1 is 0.964 bits per heavy atom. The van der Waals surface area contributed by atoms with Crippen molar-refractivity contribution in [1.82, 2.24) is 9.97 Å². The molecule has 0 fully saturated rings. The van der Waals surface area contributed by atoms with Gasteiger partial charge in [0.25, 0.3) is 5.91 Å². The van der Waals surface area contributed by atoms with Gasteiger partial charge in [-0.3, -0.25) is 4.79 Å². The number of anilines is 3. The van der Waals surface area contributed by atoms with Gasteiger partial charge in [-0.25, -0.2) is 9.97 Å². The van der Waals surface area contributed by atoms with Crippen molar-refractivity contribution in [3.05, 3.63) is 66.6 Å². The number of hydrogen-bond donors (Lipinski definition) is 2. The summed E-state index contributed by atoms with van der Waals surface area (Å²) in [7, 11) is 1.57. The first-order chi connectivity index (χ1) is 13.5. The maximum Gasteiger partial charge on any atom is 0.274 e. The van der Waals surface area contributed by atoms with Crippen LogP contribution in [0.4, 0.5) is 17.2 Å². The molecule has 0 bridgehead atoms. The number of ether oxygens (including phenoxy) is 2. The van der Waals surface area contributed by atoms with Crippen molar-refractivity contribution >= 4 is 23.1 Å². The zero-order chi connectivity index (χ0) is 19.9. The number of hydrogen-bond acceptors (Lipinski definition) is 6. The van der Waals surface area contributed by atoms with Crippen molar-refractivity contribution in [3.63, 3.8) is 0 Å². The fraction of sp³-hybridized carbons (Fsp3) is 0.190. The Morgan fingerprint density at radius 3 is 2.46 bits per heavy atom. The second kappa shape index (κ2) is 8.85. The highest BCUT2D eigenvalue weighted by atomic mass is 16.5. The fourth-order valence-corrected chi connectivity index (χ4v) is 2.48. The topological polar surface area (TPSA) is 85.4 Å². The first-order valence-electron chi connectivity index (χ1n) is 8.84. The molecule has 0 unspecified atom stereocenters. The summed E-state index contributed by atoms with van der Waals surface area (Å²) in [4.78, 5) is 20.7. The summed E-state index contributed by atoms with van der Waals surface area (Å²) in [6, 6.07) is 16.2. The van der Waals surface area contributed by atoms with E-state index in [1.807, 2.05) is 38.1 Å². The molecule has 0 aliphatic heterocycles. The van der Waals surface area contributed by atoms with E-state index in [0.29, 0.717) is 17.3 Å². The molecule has 0 atom stereocenters. The van der Waals surface area contributed by atoms with Crippen molar-refractivity contribution in [2.45, 2.75) is 20.0 Å². The van der Waals surface area contributed by atoms with Crippen LogP contribution in [0.3, 0.4) is 0 Å². The molecule has 7 heteroatoms. The highest BCUT2D eigenvalue weighted by molar-refractivity contribution is 6.03. The van der Waals surface area contributed by atoms with Gasteiger partial charge in [-0.2, -0.15) is 0 Å². The predicted octanol–water partition coefficient (Wildman–Crippen LogP) is 4.27. The molecular weight excluding hydrogens is 356 g/mol. The van der Waals surface area contributed by atoms with Crippen LogP contribution in [0.25, 0.3) is 0 Å². The fourth-order valence-electron chi connectivity index (χ4n) is 2.48. The van der Waals surface area contributed by atoms with Crippen molar-refractivity contribution < 1.29 is 14.3 Å². The van der Waals surface area contributed by atoms with Crippen LogP contribution in [0.2, 0.25) is 0 Å². The van der Waals surface area contributed by atoms with Crippen LogP contribution in [0.1, 0.15) is 24.3 Å². The van der Waals surface area contributed by atoms with Crippen LogP contribution in [0.15, 0.2) is 60.9 Å². The lowest BCUT2D eigenvalue weighted by molar-refractivity contribution is 0.102. The molecule has 1 aromatic heterocycles. The van der Waals surface area contributed by atoms with Gasteiger partial charge in [-0.1, -0.05) is 6.07 Å². The highest BCUT2D eigenvalue weighted by Gasteiger charge is 2.10. The van der Waals surface area contributed by atoms with E-state index in [1.54, 1.807) is 37.4 Å². The zero-order valence-electron chi connectivity index (χ0n) is 16.0. The summed E-state index contributed by atoms with van der Waals surface area (Å²) in [5, 5.41) is 5.95. The maximum atomic E-state index is 12.5. The molecule has 3 aromatic rings. The number of benzene rings is 2.